The molecule has 4 aromatic rings. The summed E-state index contributed by atoms with van der Waals surface area (Å²) in [6, 6.07) is 8.99. The molecule has 0 aliphatic heterocycles. The molecule has 4 rings (SSSR count). The fraction of sp³-hybridized carbons (Fsp3) is 0.292. The number of anilines is 2. The molecule has 0 fully saturated rings. The molecule has 0 spiro atoms. The number of amides is 2. The fourth-order valence-electron chi connectivity index (χ4n) is 3.80. The number of aromatic nitrogens is 5. The molecule has 34 heavy (non-hydrogen) atoms. The summed E-state index contributed by atoms with van der Waals surface area (Å²) in [6.45, 7) is 5.89. The third kappa shape index (κ3) is 5.22. The van der Waals surface area contributed by atoms with E-state index in [0.717, 1.165) is 28.3 Å². The van der Waals surface area contributed by atoms with Crippen molar-refractivity contribution in [2.24, 2.45) is 0 Å². The maximum Gasteiger partial charge on any atom is 0.246 e. The summed E-state index contributed by atoms with van der Waals surface area (Å²) in [5, 5.41) is 14.3. The van der Waals surface area contributed by atoms with Gasteiger partial charge in [-0.2, -0.15) is 10.2 Å². The quantitative estimate of drug-likeness (QED) is 0.417. The molecular weight excluding hydrogens is 434 g/mol. The van der Waals surface area contributed by atoms with Crippen molar-refractivity contribution in [2.45, 2.75) is 40.2 Å². The van der Waals surface area contributed by atoms with Crippen LogP contribution in [0.3, 0.4) is 0 Å². The Morgan fingerprint density at radius 1 is 1.03 bits per heavy atom. The van der Waals surface area contributed by atoms with E-state index >= 15 is 0 Å². The molecule has 10 nitrogen and oxygen atoms in total. The predicted molar refractivity (Wildman–Crippen MR) is 128 cm³/mol. The number of ether oxygens (including phenoxy) is 1. The molecular formula is C24H27N7O3. The molecule has 0 saturated carbocycles. The van der Waals surface area contributed by atoms with Gasteiger partial charge in [0.2, 0.25) is 11.8 Å². The normalized spacial score (nSPS) is 10.9. The van der Waals surface area contributed by atoms with Gasteiger partial charge in [-0.15, -0.1) is 0 Å². The van der Waals surface area contributed by atoms with Crippen LogP contribution in [0.5, 0.6) is 5.75 Å². The number of rotatable bonds is 8. The lowest BCUT2D eigenvalue weighted by molar-refractivity contribution is -0.117. The zero-order valence-electron chi connectivity index (χ0n) is 19.6. The van der Waals surface area contributed by atoms with E-state index in [2.05, 4.69) is 25.8 Å². The molecule has 10 heteroatoms. The topological polar surface area (TPSA) is 115 Å². The van der Waals surface area contributed by atoms with Crippen molar-refractivity contribution in [3.05, 3.63) is 65.4 Å². The van der Waals surface area contributed by atoms with Crippen LogP contribution in [-0.4, -0.2) is 43.3 Å². The van der Waals surface area contributed by atoms with Crippen molar-refractivity contribution >= 4 is 28.8 Å². The number of hydrogen-bond donors (Lipinski definition) is 2. The molecule has 0 atom stereocenters. The highest BCUT2D eigenvalue weighted by molar-refractivity contribution is 5.91. The second-order valence-corrected chi connectivity index (χ2v) is 8.07. The lowest BCUT2D eigenvalue weighted by Crippen LogP contribution is -2.19. The van der Waals surface area contributed by atoms with Crippen molar-refractivity contribution < 1.29 is 14.3 Å². The first-order valence-electron chi connectivity index (χ1n) is 10.9. The van der Waals surface area contributed by atoms with Crippen molar-refractivity contribution in [2.75, 3.05) is 17.7 Å². The molecule has 176 valence electrons. The van der Waals surface area contributed by atoms with Crippen molar-refractivity contribution in [3.8, 4) is 5.75 Å². The Kier molecular flexibility index (Phi) is 6.58. The lowest BCUT2D eigenvalue weighted by atomic mass is 10.1. The molecule has 3 heterocycles. The van der Waals surface area contributed by atoms with E-state index in [4.69, 9.17) is 4.74 Å². The van der Waals surface area contributed by atoms with Crippen LogP contribution >= 0.6 is 0 Å². The molecule has 0 radical (unpaired) electrons. The SMILES string of the molecule is COc1ccc(NC(=O)Cn2cc(NC(=O)CCc3c(C)nc4cc(C)nn4c3C)cn2)cc1. The smallest absolute Gasteiger partial charge is 0.246 e. The average molecular weight is 462 g/mol. The number of methoxy groups -OCH3 is 1. The van der Waals surface area contributed by atoms with E-state index in [9.17, 15) is 9.59 Å². The summed E-state index contributed by atoms with van der Waals surface area (Å²) in [5.41, 5.74) is 5.80. The van der Waals surface area contributed by atoms with Gasteiger partial charge >= 0.3 is 0 Å². The summed E-state index contributed by atoms with van der Waals surface area (Å²) in [7, 11) is 1.59. The van der Waals surface area contributed by atoms with Gasteiger partial charge in [-0.05, 0) is 57.0 Å². The first kappa shape index (κ1) is 23.0. The van der Waals surface area contributed by atoms with E-state index in [1.165, 1.54) is 10.9 Å². The average Bonchev–Trinajstić information content (AvgIpc) is 3.39. The van der Waals surface area contributed by atoms with Gasteiger partial charge in [0.15, 0.2) is 5.65 Å². The highest BCUT2D eigenvalue weighted by Crippen LogP contribution is 2.18. The van der Waals surface area contributed by atoms with Gasteiger partial charge in [0, 0.05) is 35.8 Å². The lowest BCUT2D eigenvalue weighted by Gasteiger charge is -2.11. The summed E-state index contributed by atoms with van der Waals surface area (Å²) in [4.78, 5) is 29.4. The van der Waals surface area contributed by atoms with Gasteiger partial charge in [0.25, 0.3) is 0 Å². The summed E-state index contributed by atoms with van der Waals surface area (Å²) >= 11 is 0. The number of nitrogens with one attached hydrogen (secondary N) is 2. The Morgan fingerprint density at radius 2 is 1.76 bits per heavy atom. The minimum absolute atomic E-state index is 0.0231. The molecule has 0 bridgehead atoms. The molecule has 0 aliphatic carbocycles. The van der Waals surface area contributed by atoms with Crippen LogP contribution in [0.25, 0.3) is 5.65 Å². The van der Waals surface area contributed by atoms with Crippen LogP contribution in [-0.2, 0) is 22.6 Å². The molecule has 3 aromatic heterocycles. The summed E-state index contributed by atoms with van der Waals surface area (Å²) < 4.78 is 8.40. The number of carbonyl (C=O) groups excluding carboxylic acids is 2. The van der Waals surface area contributed by atoms with Gasteiger partial charge in [-0.25, -0.2) is 9.50 Å². The molecule has 0 unspecified atom stereocenters. The number of benzene rings is 1. The zero-order chi connectivity index (χ0) is 24.2. The molecule has 1 aromatic carbocycles. The van der Waals surface area contributed by atoms with Crippen molar-refractivity contribution in [1.82, 2.24) is 24.4 Å². The number of carbonyl (C=O) groups is 2. The Morgan fingerprint density at radius 3 is 2.50 bits per heavy atom. The highest BCUT2D eigenvalue weighted by Gasteiger charge is 2.14. The summed E-state index contributed by atoms with van der Waals surface area (Å²) in [5.74, 6) is 0.343. The van der Waals surface area contributed by atoms with Crippen LogP contribution in [0, 0.1) is 20.8 Å². The Bertz CT molecular complexity index is 1340. The van der Waals surface area contributed by atoms with Crippen molar-refractivity contribution in [1.29, 1.82) is 0 Å². The number of hydrogen-bond acceptors (Lipinski definition) is 6. The third-order valence-corrected chi connectivity index (χ3v) is 5.48. The van der Waals surface area contributed by atoms with E-state index < -0.39 is 0 Å². The maximum absolute atomic E-state index is 12.5. The van der Waals surface area contributed by atoms with E-state index in [-0.39, 0.29) is 24.8 Å². The predicted octanol–water partition coefficient (Wildman–Crippen LogP) is 3.07. The molecule has 0 saturated heterocycles. The monoisotopic (exact) mass is 461 g/mol. The van der Waals surface area contributed by atoms with Crippen LogP contribution < -0.4 is 15.4 Å². The van der Waals surface area contributed by atoms with E-state index in [0.29, 0.717) is 23.5 Å². The Labute approximate surface area is 196 Å². The number of aryl methyl sites for hydroxylation is 3. The zero-order valence-corrected chi connectivity index (χ0v) is 19.6. The Hall–Kier alpha value is -4.21. The van der Waals surface area contributed by atoms with Crippen LogP contribution in [0.1, 0.15) is 29.1 Å². The number of fused-ring (bicyclic) bond motifs is 1. The summed E-state index contributed by atoms with van der Waals surface area (Å²) in [6.07, 6.45) is 3.99. The van der Waals surface area contributed by atoms with Crippen molar-refractivity contribution in [3.63, 3.8) is 0 Å². The van der Waals surface area contributed by atoms with E-state index in [1.54, 1.807) is 37.6 Å². The first-order chi connectivity index (χ1) is 16.3. The minimum Gasteiger partial charge on any atom is -0.497 e. The molecule has 2 amide bonds. The van der Waals surface area contributed by atoms with Gasteiger partial charge in [0.1, 0.15) is 12.3 Å². The van der Waals surface area contributed by atoms with E-state index in [1.807, 2.05) is 31.4 Å². The van der Waals surface area contributed by atoms with Gasteiger partial charge in [-0.1, -0.05) is 0 Å². The second kappa shape index (κ2) is 9.74. The number of nitrogens with zero attached hydrogens (tertiary/aromatic N) is 5. The van der Waals surface area contributed by atoms with Gasteiger partial charge in [-0.3, -0.25) is 14.3 Å². The standard InChI is InChI=1S/C24H27N7O3/c1-15-11-22-26-16(2)21(17(3)31(22)29-15)9-10-23(32)28-19-12-25-30(13-19)14-24(33)27-18-5-7-20(34-4)8-6-18/h5-8,11-13H,9-10,14H2,1-4H3,(H,27,33)(H,28,32). The third-order valence-electron chi connectivity index (χ3n) is 5.48. The van der Waals surface area contributed by atoms with Gasteiger partial charge in [0.05, 0.1) is 24.7 Å². The molecule has 0 aliphatic rings. The second-order valence-electron chi connectivity index (χ2n) is 8.07. The van der Waals surface area contributed by atoms with Gasteiger partial charge < -0.3 is 15.4 Å². The van der Waals surface area contributed by atoms with Crippen LogP contribution in [0.15, 0.2) is 42.7 Å². The highest BCUT2D eigenvalue weighted by atomic mass is 16.5. The maximum atomic E-state index is 12.5. The minimum atomic E-state index is -0.228. The fourth-order valence-corrected chi connectivity index (χ4v) is 3.80. The van der Waals surface area contributed by atoms with Crippen LogP contribution in [0.4, 0.5) is 11.4 Å². The Balaban J connectivity index is 1.31. The largest absolute Gasteiger partial charge is 0.497 e. The molecule has 2 N–H and O–H groups in total. The van der Waals surface area contributed by atoms with Crippen LogP contribution in [0.2, 0.25) is 0 Å². The first-order valence-corrected chi connectivity index (χ1v) is 10.9.